The molecule has 0 radical (unpaired) electrons. The molecular formula is C20H23IN4S. The van der Waals surface area contributed by atoms with Gasteiger partial charge in [-0.15, -0.1) is 35.3 Å². The van der Waals surface area contributed by atoms with E-state index >= 15 is 0 Å². The quantitative estimate of drug-likeness (QED) is 0.320. The fourth-order valence-corrected chi connectivity index (χ4v) is 3.26. The predicted octanol–water partition coefficient (Wildman–Crippen LogP) is 4.60. The number of halogens is 1. The Labute approximate surface area is 175 Å². The molecule has 136 valence electrons. The number of hydrogen-bond acceptors (Lipinski definition) is 3. The zero-order valence-corrected chi connectivity index (χ0v) is 18.0. The van der Waals surface area contributed by atoms with Gasteiger partial charge in [0.25, 0.3) is 0 Å². The molecule has 4 nitrogen and oxygen atoms in total. The first kappa shape index (κ1) is 20.4. The molecule has 0 spiro atoms. The molecule has 0 aliphatic rings. The van der Waals surface area contributed by atoms with Gasteiger partial charge in [0.1, 0.15) is 5.01 Å². The molecule has 2 aromatic carbocycles. The number of thiazole rings is 1. The van der Waals surface area contributed by atoms with Crippen molar-refractivity contribution in [3.05, 3.63) is 76.1 Å². The van der Waals surface area contributed by atoms with Crippen LogP contribution >= 0.6 is 35.3 Å². The number of nitrogens with zero attached hydrogens (tertiary/aromatic N) is 2. The minimum Gasteiger partial charge on any atom is -0.352 e. The van der Waals surface area contributed by atoms with Crippen LogP contribution < -0.4 is 10.6 Å². The van der Waals surface area contributed by atoms with Crippen LogP contribution in [0.25, 0.3) is 11.3 Å². The van der Waals surface area contributed by atoms with E-state index in [0.717, 1.165) is 28.8 Å². The summed E-state index contributed by atoms with van der Waals surface area (Å²) in [5.41, 5.74) is 4.67. The predicted molar refractivity (Wildman–Crippen MR) is 121 cm³/mol. The van der Waals surface area contributed by atoms with Gasteiger partial charge < -0.3 is 10.6 Å². The smallest absolute Gasteiger partial charge is 0.191 e. The van der Waals surface area contributed by atoms with Gasteiger partial charge in [-0.3, -0.25) is 4.99 Å². The minimum atomic E-state index is 0. The molecule has 0 fully saturated rings. The number of guanidine groups is 1. The molecule has 3 aromatic rings. The van der Waals surface area contributed by atoms with Gasteiger partial charge in [-0.2, -0.15) is 0 Å². The van der Waals surface area contributed by atoms with E-state index in [1.165, 1.54) is 11.1 Å². The molecule has 0 saturated heterocycles. The molecule has 1 heterocycles. The molecular weight excluding hydrogens is 455 g/mol. The standard InChI is InChI=1S/C20H22N4S.HI/c1-15-7-6-8-16(11-15)12-22-20(21-2)23-13-19-24-18(14-25-19)17-9-4-3-5-10-17;/h3-11,14H,12-13H2,1-2H3,(H2,21,22,23);1H. The van der Waals surface area contributed by atoms with Crippen molar-refractivity contribution >= 4 is 41.3 Å². The van der Waals surface area contributed by atoms with Crippen molar-refractivity contribution < 1.29 is 0 Å². The van der Waals surface area contributed by atoms with E-state index in [9.17, 15) is 0 Å². The Morgan fingerprint density at radius 1 is 1.04 bits per heavy atom. The highest BCUT2D eigenvalue weighted by atomic mass is 127. The first-order chi connectivity index (χ1) is 12.2. The molecule has 0 atom stereocenters. The molecule has 0 aliphatic carbocycles. The van der Waals surface area contributed by atoms with Gasteiger partial charge in [0.05, 0.1) is 12.2 Å². The molecule has 0 unspecified atom stereocenters. The molecule has 0 aliphatic heterocycles. The highest BCUT2D eigenvalue weighted by Crippen LogP contribution is 2.21. The summed E-state index contributed by atoms with van der Waals surface area (Å²) in [6.07, 6.45) is 0. The number of hydrogen-bond donors (Lipinski definition) is 2. The number of aliphatic imine (C=N–C) groups is 1. The van der Waals surface area contributed by atoms with Gasteiger partial charge in [-0.05, 0) is 12.5 Å². The van der Waals surface area contributed by atoms with Crippen LogP contribution in [-0.4, -0.2) is 18.0 Å². The summed E-state index contributed by atoms with van der Waals surface area (Å²) in [5, 5.41) is 9.79. The van der Waals surface area contributed by atoms with E-state index in [0.29, 0.717) is 6.54 Å². The van der Waals surface area contributed by atoms with Crippen LogP contribution in [0.1, 0.15) is 16.1 Å². The van der Waals surface area contributed by atoms with Crippen molar-refractivity contribution in [2.45, 2.75) is 20.0 Å². The minimum absolute atomic E-state index is 0. The Morgan fingerprint density at radius 3 is 2.54 bits per heavy atom. The van der Waals surface area contributed by atoms with Gasteiger partial charge in [0.15, 0.2) is 5.96 Å². The van der Waals surface area contributed by atoms with Gasteiger partial charge in [-0.25, -0.2) is 4.98 Å². The van der Waals surface area contributed by atoms with Crippen molar-refractivity contribution in [2.24, 2.45) is 4.99 Å². The van der Waals surface area contributed by atoms with E-state index < -0.39 is 0 Å². The second kappa shape index (κ2) is 10.3. The van der Waals surface area contributed by atoms with Gasteiger partial charge >= 0.3 is 0 Å². The molecule has 26 heavy (non-hydrogen) atoms. The van der Waals surface area contributed by atoms with Crippen molar-refractivity contribution in [1.29, 1.82) is 0 Å². The van der Waals surface area contributed by atoms with Crippen LogP contribution in [0.2, 0.25) is 0 Å². The normalized spacial score (nSPS) is 10.9. The zero-order chi connectivity index (χ0) is 17.5. The van der Waals surface area contributed by atoms with Crippen LogP contribution in [0, 0.1) is 6.92 Å². The topological polar surface area (TPSA) is 49.3 Å². The van der Waals surface area contributed by atoms with Gasteiger partial charge in [0, 0.05) is 24.5 Å². The first-order valence-corrected chi connectivity index (χ1v) is 9.12. The Bertz CT molecular complexity index is 846. The van der Waals surface area contributed by atoms with Crippen molar-refractivity contribution in [3.8, 4) is 11.3 Å². The molecule has 0 bridgehead atoms. The van der Waals surface area contributed by atoms with E-state index in [4.69, 9.17) is 0 Å². The zero-order valence-electron chi connectivity index (χ0n) is 14.9. The highest BCUT2D eigenvalue weighted by Gasteiger charge is 2.05. The highest BCUT2D eigenvalue weighted by molar-refractivity contribution is 14.0. The Balaban J connectivity index is 0.00000243. The second-order valence-corrected chi connectivity index (χ2v) is 6.70. The average molecular weight is 478 g/mol. The summed E-state index contributed by atoms with van der Waals surface area (Å²) in [4.78, 5) is 8.97. The molecule has 2 N–H and O–H groups in total. The third-order valence-electron chi connectivity index (χ3n) is 3.79. The van der Waals surface area contributed by atoms with E-state index in [2.05, 4.69) is 69.3 Å². The maximum absolute atomic E-state index is 4.69. The van der Waals surface area contributed by atoms with Crippen molar-refractivity contribution in [2.75, 3.05) is 7.05 Å². The van der Waals surface area contributed by atoms with Crippen LogP contribution in [0.15, 0.2) is 65.0 Å². The summed E-state index contributed by atoms with van der Waals surface area (Å²) >= 11 is 1.66. The van der Waals surface area contributed by atoms with E-state index in [-0.39, 0.29) is 24.0 Å². The third kappa shape index (κ3) is 5.81. The summed E-state index contributed by atoms with van der Waals surface area (Å²) < 4.78 is 0. The fraction of sp³-hybridized carbons (Fsp3) is 0.200. The maximum atomic E-state index is 4.69. The molecule has 3 rings (SSSR count). The summed E-state index contributed by atoms with van der Waals surface area (Å²) in [7, 11) is 1.78. The first-order valence-electron chi connectivity index (χ1n) is 8.24. The maximum Gasteiger partial charge on any atom is 0.191 e. The molecule has 0 saturated carbocycles. The fourth-order valence-electron chi connectivity index (χ4n) is 2.52. The molecule has 1 aromatic heterocycles. The van der Waals surface area contributed by atoms with Crippen LogP contribution in [0.5, 0.6) is 0 Å². The number of aryl methyl sites for hydroxylation is 1. The van der Waals surface area contributed by atoms with Crippen LogP contribution in [0.4, 0.5) is 0 Å². The molecule has 0 amide bonds. The lowest BCUT2D eigenvalue weighted by atomic mass is 10.1. The van der Waals surface area contributed by atoms with Gasteiger partial charge in [0.2, 0.25) is 0 Å². The third-order valence-corrected chi connectivity index (χ3v) is 4.64. The summed E-state index contributed by atoms with van der Waals surface area (Å²) in [6.45, 7) is 3.50. The summed E-state index contributed by atoms with van der Waals surface area (Å²) in [5.74, 6) is 0.776. The lowest BCUT2D eigenvalue weighted by Gasteiger charge is -2.11. The Kier molecular flexibility index (Phi) is 8.06. The SMILES string of the molecule is CN=C(NCc1cccc(C)c1)NCc1nc(-c2ccccc2)cs1.I. The number of benzene rings is 2. The molecule has 6 heteroatoms. The second-order valence-electron chi connectivity index (χ2n) is 5.76. The van der Waals surface area contributed by atoms with E-state index in [1.54, 1.807) is 18.4 Å². The van der Waals surface area contributed by atoms with Crippen LogP contribution in [-0.2, 0) is 13.1 Å². The largest absolute Gasteiger partial charge is 0.352 e. The lowest BCUT2D eigenvalue weighted by molar-refractivity contribution is 0.805. The average Bonchev–Trinajstić information content (AvgIpc) is 3.12. The number of nitrogens with one attached hydrogen (secondary N) is 2. The number of rotatable bonds is 5. The van der Waals surface area contributed by atoms with Crippen molar-refractivity contribution in [1.82, 2.24) is 15.6 Å². The monoisotopic (exact) mass is 478 g/mol. The Hall–Kier alpha value is -1.93. The van der Waals surface area contributed by atoms with Crippen LogP contribution in [0.3, 0.4) is 0 Å². The van der Waals surface area contributed by atoms with Crippen molar-refractivity contribution in [3.63, 3.8) is 0 Å². The number of aromatic nitrogens is 1. The lowest BCUT2D eigenvalue weighted by Crippen LogP contribution is -2.36. The summed E-state index contributed by atoms with van der Waals surface area (Å²) in [6, 6.07) is 18.7. The Morgan fingerprint density at radius 2 is 1.81 bits per heavy atom. The van der Waals surface area contributed by atoms with E-state index in [1.807, 2.05) is 18.2 Å². The van der Waals surface area contributed by atoms with Gasteiger partial charge in [-0.1, -0.05) is 60.2 Å².